The highest BCUT2D eigenvalue weighted by atomic mass is 16.7. The molecule has 1 N–H and O–H groups in total. The molecule has 4 aromatic rings. The lowest BCUT2D eigenvalue weighted by Gasteiger charge is -2.05. The molecule has 35 heavy (non-hydrogen) atoms. The molecule has 174 valence electrons. The molecule has 0 saturated carbocycles. The lowest BCUT2D eigenvalue weighted by molar-refractivity contribution is -0.384. The molecule has 1 aromatic heterocycles. The molecule has 2 heterocycles. The van der Waals surface area contributed by atoms with Crippen LogP contribution in [0.4, 0.5) is 5.69 Å². The minimum atomic E-state index is -0.434. The van der Waals surface area contributed by atoms with Crippen molar-refractivity contribution in [3.05, 3.63) is 94.1 Å². The van der Waals surface area contributed by atoms with Crippen LogP contribution in [0, 0.1) is 10.1 Å². The SMILES string of the molecule is C/C=C/c1ccc(-c2nc(-c3cc4c(cc3[N+](=O)[O-])OCO4)[nH]c2-c2ccc(/C=C/C)cc2)cc1. The van der Waals surface area contributed by atoms with Gasteiger partial charge in [0.15, 0.2) is 11.5 Å². The molecule has 1 aliphatic rings. The van der Waals surface area contributed by atoms with Crippen molar-refractivity contribution in [2.75, 3.05) is 6.79 Å². The zero-order valence-electron chi connectivity index (χ0n) is 19.3. The summed E-state index contributed by atoms with van der Waals surface area (Å²) in [5, 5.41) is 11.9. The fourth-order valence-corrected chi connectivity index (χ4v) is 4.09. The number of hydrogen-bond acceptors (Lipinski definition) is 5. The number of aromatic nitrogens is 2. The zero-order valence-corrected chi connectivity index (χ0v) is 19.3. The van der Waals surface area contributed by atoms with Crippen LogP contribution >= 0.6 is 0 Å². The van der Waals surface area contributed by atoms with Crippen molar-refractivity contribution < 1.29 is 14.4 Å². The summed E-state index contributed by atoms with van der Waals surface area (Å²) in [5.41, 5.74) is 5.70. The molecule has 0 saturated heterocycles. The van der Waals surface area contributed by atoms with Gasteiger partial charge in [0, 0.05) is 17.2 Å². The number of aromatic amines is 1. The van der Waals surface area contributed by atoms with E-state index >= 15 is 0 Å². The van der Waals surface area contributed by atoms with Gasteiger partial charge in [-0.25, -0.2) is 4.98 Å². The standard InChI is InChI=1S/C28H23N3O4/c1-3-5-18-7-11-20(12-8-18)26-27(21-13-9-19(6-4-2)10-14-21)30-28(29-26)22-15-24-25(35-17-34-24)16-23(22)31(32)33/h3-16H,17H2,1-2H3,(H,29,30)/b5-3+,6-4+. The third-order valence-corrected chi connectivity index (χ3v) is 5.75. The number of H-pyrrole nitrogens is 1. The van der Waals surface area contributed by atoms with E-state index in [1.165, 1.54) is 6.07 Å². The molecular weight excluding hydrogens is 442 g/mol. The number of hydrogen-bond donors (Lipinski definition) is 1. The first-order chi connectivity index (χ1) is 17.1. The van der Waals surface area contributed by atoms with Gasteiger partial charge in [0.2, 0.25) is 6.79 Å². The van der Waals surface area contributed by atoms with Crippen LogP contribution in [0.25, 0.3) is 46.1 Å². The van der Waals surface area contributed by atoms with Gasteiger partial charge in [-0.15, -0.1) is 0 Å². The average Bonchev–Trinajstić information content (AvgIpc) is 3.52. The maximum Gasteiger partial charge on any atom is 0.284 e. The van der Waals surface area contributed by atoms with Crippen LogP contribution in [-0.4, -0.2) is 21.7 Å². The van der Waals surface area contributed by atoms with Crippen molar-refractivity contribution in [3.63, 3.8) is 0 Å². The van der Waals surface area contributed by atoms with Crippen LogP contribution < -0.4 is 9.47 Å². The number of nitro groups is 1. The van der Waals surface area contributed by atoms with Gasteiger partial charge in [0.1, 0.15) is 5.82 Å². The number of nitrogens with one attached hydrogen (secondary N) is 1. The first kappa shape index (κ1) is 22.2. The average molecular weight is 466 g/mol. The highest BCUT2D eigenvalue weighted by Gasteiger charge is 2.27. The Hall–Kier alpha value is -4.65. The monoisotopic (exact) mass is 465 g/mol. The van der Waals surface area contributed by atoms with Crippen LogP contribution in [0.2, 0.25) is 0 Å². The predicted octanol–water partition coefficient (Wildman–Crippen LogP) is 7.11. The van der Waals surface area contributed by atoms with Crippen molar-refractivity contribution in [1.29, 1.82) is 0 Å². The molecule has 0 aliphatic carbocycles. The van der Waals surface area contributed by atoms with E-state index in [1.807, 2.05) is 86.7 Å². The fourth-order valence-electron chi connectivity index (χ4n) is 4.09. The molecule has 0 radical (unpaired) electrons. The lowest BCUT2D eigenvalue weighted by Crippen LogP contribution is -1.94. The summed E-state index contributed by atoms with van der Waals surface area (Å²) in [4.78, 5) is 19.6. The minimum Gasteiger partial charge on any atom is -0.454 e. The van der Waals surface area contributed by atoms with Crippen LogP contribution in [0.15, 0.2) is 72.8 Å². The Balaban J connectivity index is 1.68. The van der Waals surface area contributed by atoms with Gasteiger partial charge in [-0.3, -0.25) is 10.1 Å². The molecule has 0 spiro atoms. The second-order valence-corrected chi connectivity index (χ2v) is 8.03. The normalized spacial score (nSPS) is 12.6. The molecule has 3 aromatic carbocycles. The maximum atomic E-state index is 11.9. The first-order valence-electron chi connectivity index (χ1n) is 11.2. The van der Waals surface area contributed by atoms with Crippen LogP contribution in [0.3, 0.4) is 0 Å². The van der Waals surface area contributed by atoms with Gasteiger partial charge in [-0.05, 0) is 25.0 Å². The quantitative estimate of drug-likeness (QED) is 0.242. The minimum absolute atomic E-state index is 0.0295. The zero-order chi connectivity index (χ0) is 24.4. The van der Waals surface area contributed by atoms with Gasteiger partial charge in [-0.2, -0.15) is 0 Å². The van der Waals surface area contributed by atoms with Crippen molar-refractivity contribution in [2.24, 2.45) is 0 Å². The van der Waals surface area contributed by atoms with E-state index in [1.54, 1.807) is 6.07 Å². The Kier molecular flexibility index (Phi) is 5.89. The molecule has 7 heteroatoms. The fraction of sp³-hybridized carbons (Fsp3) is 0.107. The molecule has 5 rings (SSSR count). The van der Waals surface area contributed by atoms with Gasteiger partial charge in [0.25, 0.3) is 5.69 Å². The molecule has 0 atom stereocenters. The van der Waals surface area contributed by atoms with Gasteiger partial charge in [-0.1, -0.05) is 72.8 Å². The van der Waals surface area contributed by atoms with E-state index in [9.17, 15) is 10.1 Å². The van der Waals surface area contributed by atoms with Gasteiger partial charge < -0.3 is 14.5 Å². The Morgan fingerprint density at radius 1 is 0.886 bits per heavy atom. The summed E-state index contributed by atoms with van der Waals surface area (Å²) >= 11 is 0. The summed E-state index contributed by atoms with van der Waals surface area (Å²) in [7, 11) is 0. The van der Waals surface area contributed by atoms with Crippen molar-refractivity contribution in [1.82, 2.24) is 9.97 Å². The maximum absolute atomic E-state index is 11.9. The molecule has 0 unspecified atom stereocenters. The summed E-state index contributed by atoms with van der Waals surface area (Å²) < 4.78 is 10.8. The Morgan fingerprint density at radius 2 is 1.46 bits per heavy atom. The summed E-state index contributed by atoms with van der Waals surface area (Å²) in [5.74, 6) is 1.19. The van der Waals surface area contributed by atoms with E-state index in [0.29, 0.717) is 28.6 Å². The Bertz CT molecular complexity index is 1380. The van der Waals surface area contributed by atoms with Gasteiger partial charge in [0.05, 0.1) is 27.9 Å². The van der Waals surface area contributed by atoms with Crippen molar-refractivity contribution >= 4 is 17.8 Å². The van der Waals surface area contributed by atoms with E-state index in [4.69, 9.17) is 14.5 Å². The molecular formula is C28H23N3O4. The number of allylic oxidation sites excluding steroid dienone is 2. The van der Waals surface area contributed by atoms with E-state index < -0.39 is 4.92 Å². The van der Waals surface area contributed by atoms with Crippen LogP contribution in [0.1, 0.15) is 25.0 Å². The Morgan fingerprint density at radius 3 is 2.03 bits per heavy atom. The summed E-state index contributed by atoms with van der Waals surface area (Å²) in [6.07, 6.45) is 8.02. The van der Waals surface area contributed by atoms with Crippen LogP contribution in [-0.2, 0) is 0 Å². The number of rotatable bonds is 6. The second kappa shape index (κ2) is 9.30. The largest absolute Gasteiger partial charge is 0.454 e. The molecule has 0 bridgehead atoms. The van der Waals surface area contributed by atoms with E-state index in [0.717, 1.165) is 27.9 Å². The molecule has 1 aliphatic heterocycles. The van der Waals surface area contributed by atoms with E-state index in [2.05, 4.69) is 4.98 Å². The third kappa shape index (κ3) is 4.31. The lowest BCUT2D eigenvalue weighted by atomic mass is 10.0. The van der Waals surface area contributed by atoms with E-state index in [-0.39, 0.29) is 12.5 Å². The number of ether oxygens (including phenoxy) is 2. The predicted molar refractivity (Wildman–Crippen MR) is 137 cm³/mol. The highest BCUT2D eigenvalue weighted by molar-refractivity contribution is 5.84. The number of benzene rings is 3. The Labute approximate surface area is 202 Å². The number of fused-ring (bicyclic) bond motifs is 1. The summed E-state index contributed by atoms with van der Waals surface area (Å²) in [6, 6.07) is 19.1. The summed E-state index contributed by atoms with van der Waals surface area (Å²) in [6.45, 7) is 3.98. The van der Waals surface area contributed by atoms with Crippen molar-refractivity contribution in [2.45, 2.75) is 13.8 Å². The van der Waals surface area contributed by atoms with Crippen molar-refractivity contribution in [3.8, 4) is 45.4 Å². The third-order valence-electron chi connectivity index (χ3n) is 5.75. The smallest absolute Gasteiger partial charge is 0.284 e. The van der Waals surface area contributed by atoms with Gasteiger partial charge >= 0.3 is 0 Å². The molecule has 7 nitrogen and oxygen atoms in total. The second-order valence-electron chi connectivity index (χ2n) is 8.03. The van der Waals surface area contributed by atoms with Crippen LogP contribution in [0.5, 0.6) is 11.5 Å². The number of nitro benzene ring substituents is 1. The topological polar surface area (TPSA) is 90.3 Å². The first-order valence-corrected chi connectivity index (χ1v) is 11.2. The highest BCUT2D eigenvalue weighted by Crippen LogP contribution is 2.43. The molecule has 0 amide bonds. The number of nitrogens with zero attached hydrogens (tertiary/aromatic N) is 2. The number of imidazole rings is 1. The molecule has 0 fully saturated rings.